The first-order valence-corrected chi connectivity index (χ1v) is 5.66. The maximum Gasteiger partial charge on any atom is 0.232 e. The molecular weight excluding hydrogens is 202 g/mol. The smallest absolute Gasteiger partial charge is 0.232 e. The third-order valence-electron chi connectivity index (χ3n) is 3.30. The van der Waals surface area contributed by atoms with Crippen LogP contribution < -0.4 is 9.64 Å². The second-order valence-corrected chi connectivity index (χ2v) is 4.17. The molecule has 0 radical (unpaired) electrons. The van der Waals surface area contributed by atoms with Crippen LogP contribution in [0.25, 0.3) is 0 Å². The van der Waals surface area contributed by atoms with Gasteiger partial charge in [-0.15, -0.1) is 0 Å². The van der Waals surface area contributed by atoms with Gasteiger partial charge in [-0.1, -0.05) is 13.8 Å². The highest BCUT2D eigenvalue weighted by atomic mass is 16.5. The summed E-state index contributed by atoms with van der Waals surface area (Å²) in [5.41, 5.74) is 0.968. The van der Waals surface area contributed by atoms with Crippen LogP contribution in [0.3, 0.4) is 0 Å². The second kappa shape index (κ2) is 4.16. The van der Waals surface area contributed by atoms with Crippen molar-refractivity contribution < 1.29 is 9.53 Å². The summed E-state index contributed by atoms with van der Waals surface area (Å²) in [7, 11) is 1.64. The number of carbonyl (C=O) groups excluding carboxylic acids is 1. The van der Waals surface area contributed by atoms with E-state index in [1.165, 1.54) is 0 Å². The van der Waals surface area contributed by atoms with Gasteiger partial charge in [-0.25, -0.2) is 0 Å². The summed E-state index contributed by atoms with van der Waals surface area (Å²) in [6.07, 6.45) is 0.999. The largest absolute Gasteiger partial charge is 0.497 e. The third kappa shape index (κ3) is 1.56. The molecule has 1 amide bonds. The van der Waals surface area contributed by atoms with E-state index in [0.717, 1.165) is 17.9 Å². The fourth-order valence-electron chi connectivity index (χ4n) is 2.29. The Balaban J connectivity index is 2.20. The molecule has 0 N–H and O–H groups in total. The van der Waals surface area contributed by atoms with Gasteiger partial charge in [0.1, 0.15) is 5.75 Å². The summed E-state index contributed by atoms with van der Waals surface area (Å²) in [5, 5.41) is 0. The van der Waals surface area contributed by atoms with Crippen molar-refractivity contribution >= 4 is 11.6 Å². The number of hydrogen-bond acceptors (Lipinski definition) is 2. The highest BCUT2D eigenvalue weighted by Crippen LogP contribution is 2.34. The van der Waals surface area contributed by atoms with Crippen LogP contribution in [0, 0.1) is 5.92 Å². The Labute approximate surface area is 96.0 Å². The molecule has 1 fully saturated rings. The Kier molecular flexibility index (Phi) is 2.86. The van der Waals surface area contributed by atoms with Crippen molar-refractivity contribution in [2.45, 2.75) is 26.3 Å². The minimum absolute atomic E-state index is 0.159. The molecule has 0 spiro atoms. The van der Waals surface area contributed by atoms with E-state index in [1.54, 1.807) is 7.11 Å². The lowest BCUT2D eigenvalue weighted by Gasteiger charge is -2.45. The van der Waals surface area contributed by atoms with Gasteiger partial charge in [0.15, 0.2) is 0 Å². The van der Waals surface area contributed by atoms with Gasteiger partial charge in [-0.05, 0) is 30.7 Å². The Morgan fingerprint density at radius 1 is 1.31 bits per heavy atom. The number of methoxy groups -OCH3 is 1. The highest BCUT2D eigenvalue weighted by molar-refractivity contribution is 6.02. The summed E-state index contributed by atoms with van der Waals surface area (Å²) in [6.45, 7) is 4.11. The van der Waals surface area contributed by atoms with E-state index in [4.69, 9.17) is 4.74 Å². The molecule has 2 atom stereocenters. The number of amides is 1. The molecule has 3 heteroatoms. The Morgan fingerprint density at radius 2 is 1.94 bits per heavy atom. The monoisotopic (exact) mass is 219 g/mol. The van der Waals surface area contributed by atoms with Crippen LogP contribution in [0.15, 0.2) is 24.3 Å². The molecule has 1 heterocycles. The van der Waals surface area contributed by atoms with Crippen molar-refractivity contribution in [2.24, 2.45) is 5.92 Å². The zero-order valence-electron chi connectivity index (χ0n) is 9.93. The Hall–Kier alpha value is -1.51. The topological polar surface area (TPSA) is 29.5 Å². The molecule has 0 aliphatic carbocycles. The van der Waals surface area contributed by atoms with Crippen LogP contribution in [0.4, 0.5) is 5.69 Å². The number of hydrogen-bond donors (Lipinski definition) is 0. The summed E-state index contributed by atoms with van der Waals surface area (Å²) in [4.78, 5) is 13.7. The van der Waals surface area contributed by atoms with E-state index in [2.05, 4.69) is 6.92 Å². The highest BCUT2D eigenvalue weighted by Gasteiger charge is 2.43. The van der Waals surface area contributed by atoms with E-state index in [-0.39, 0.29) is 11.8 Å². The number of ether oxygens (including phenoxy) is 1. The molecule has 2 rings (SSSR count). The van der Waals surface area contributed by atoms with E-state index < -0.39 is 0 Å². The lowest BCUT2D eigenvalue weighted by Crippen LogP contribution is -2.59. The zero-order chi connectivity index (χ0) is 11.7. The predicted octanol–water partition coefficient (Wildman–Crippen LogP) is 2.46. The normalized spacial score (nSPS) is 24.2. The van der Waals surface area contributed by atoms with Crippen LogP contribution >= 0.6 is 0 Å². The van der Waals surface area contributed by atoms with Gasteiger partial charge in [0.25, 0.3) is 0 Å². The number of anilines is 1. The average molecular weight is 219 g/mol. The number of carbonyl (C=O) groups is 1. The van der Waals surface area contributed by atoms with E-state index in [9.17, 15) is 4.79 Å². The minimum atomic E-state index is 0.159. The van der Waals surface area contributed by atoms with Gasteiger partial charge in [-0.2, -0.15) is 0 Å². The molecular formula is C13H17NO2. The summed E-state index contributed by atoms with van der Waals surface area (Å²) in [5.74, 6) is 1.20. The standard InChI is InChI=1S/C13H17NO2/c1-4-12-9(2)13(15)14(12)10-5-7-11(16-3)8-6-10/h5-9,12H,4H2,1-3H3/t9-,12-/m1/s1. The molecule has 3 nitrogen and oxygen atoms in total. The van der Waals surface area contributed by atoms with Crippen LogP contribution in [0.5, 0.6) is 5.75 Å². The van der Waals surface area contributed by atoms with E-state index >= 15 is 0 Å². The Morgan fingerprint density at radius 3 is 2.44 bits per heavy atom. The first-order valence-electron chi connectivity index (χ1n) is 5.66. The zero-order valence-corrected chi connectivity index (χ0v) is 9.93. The fraction of sp³-hybridized carbons (Fsp3) is 0.462. The van der Waals surface area contributed by atoms with Crippen LogP contribution in [-0.4, -0.2) is 19.1 Å². The van der Waals surface area contributed by atoms with Crippen molar-refractivity contribution in [3.63, 3.8) is 0 Å². The predicted molar refractivity (Wildman–Crippen MR) is 63.7 cm³/mol. The molecule has 1 aliphatic heterocycles. The number of rotatable bonds is 3. The average Bonchev–Trinajstić information content (AvgIpc) is 2.34. The summed E-state index contributed by atoms with van der Waals surface area (Å²) >= 11 is 0. The summed E-state index contributed by atoms with van der Waals surface area (Å²) < 4.78 is 5.10. The quantitative estimate of drug-likeness (QED) is 0.731. The lowest BCUT2D eigenvalue weighted by atomic mass is 9.86. The molecule has 16 heavy (non-hydrogen) atoms. The van der Waals surface area contributed by atoms with Gasteiger partial charge in [-0.3, -0.25) is 4.79 Å². The van der Waals surface area contributed by atoms with Crippen molar-refractivity contribution in [1.82, 2.24) is 0 Å². The maximum atomic E-state index is 11.8. The van der Waals surface area contributed by atoms with Gasteiger partial charge < -0.3 is 9.64 Å². The van der Waals surface area contributed by atoms with Crippen molar-refractivity contribution in [3.8, 4) is 5.75 Å². The molecule has 0 aromatic heterocycles. The first-order chi connectivity index (χ1) is 7.69. The first kappa shape index (κ1) is 11.0. The molecule has 0 saturated carbocycles. The maximum absolute atomic E-state index is 11.8. The van der Waals surface area contributed by atoms with Crippen molar-refractivity contribution in [3.05, 3.63) is 24.3 Å². The molecule has 0 unspecified atom stereocenters. The number of β-lactam (4-membered cyclic amide) rings is 1. The number of benzene rings is 1. The molecule has 1 aromatic carbocycles. The lowest BCUT2D eigenvalue weighted by molar-refractivity contribution is -0.129. The Bertz CT molecular complexity index is 385. The van der Waals surface area contributed by atoms with Crippen LogP contribution in [0.1, 0.15) is 20.3 Å². The van der Waals surface area contributed by atoms with Crippen molar-refractivity contribution in [1.29, 1.82) is 0 Å². The number of nitrogens with zero attached hydrogens (tertiary/aromatic N) is 1. The van der Waals surface area contributed by atoms with Gasteiger partial charge in [0.05, 0.1) is 13.0 Å². The van der Waals surface area contributed by atoms with E-state index in [0.29, 0.717) is 6.04 Å². The second-order valence-electron chi connectivity index (χ2n) is 4.17. The third-order valence-corrected chi connectivity index (χ3v) is 3.30. The van der Waals surface area contributed by atoms with Gasteiger partial charge >= 0.3 is 0 Å². The molecule has 1 aromatic rings. The van der Waals surface area contributed by atoms with Gasteiger partial charge in [0, 0.05) is 11.7 Å². The molecule has 86 valence electrons. The van der Waals surface area contributed by atoms with Crippen molar-refractivity contribution in [2.75, 3.05) is 12.0 Å². The molecule has 1 saturated heterocycles. The minimum Gasteiger partial charge on any atom is -0.497 e. The summed E-state index contributed by atoms with van der Waals surface area (Å²) in [6, 6.07) is 7.99. The SMILES string of the molecule is CC[C@@H]1[C@@H](C)C(=O)N1c1ccc(OC)cc1. The van der Waals surface area contributed by atoms with Gasteiger partial charge in [0.2, 0.25) is 5.91 Å². The van der Waals surface area contributed by atoms with Crippen LogP contribution in [-0.2, 0) is 4.79 Å². The molecule has 0 bridgehead atoms. The fourth-order valence-corrected chi connectivity index (χ4v) is 2.29. The van der Waals surface area contributed by atoms with Crippen LogP contribution in [0.2, 0.25) is 0 Å². The molecule has 1 aliphatic rings. The van der Waals surface area contributed by atoms with E-state index in [1.807, 2.05) is 36.1 Å².